The number of nitrogens with zero attached hydrogens (tertiary/aromatic N) is 1. The Balaban J connectivity index is 4.06. The van der Waals surface area contributed by atoms with Crippen LogP contribution in [-0.4, -0.2) is 38.4 Å². The number of hydrogen-bond acceptors (Lipinski definition) is 3. The number of nitrogens with one attached hydrogen (secondary N) is 1. The maximum Gasteiger partial charge on any atom is 0.279 e. The van der Waals surface area contributed by atoms with Gasteiger partial charge in [0.05, 0.1) is 0 Å². The fraction of sp³-hybridized carbons (Fsp3) is 1.00. The minimum Gasteiger partial charge on any atom is -0.328 e. The summed E-state index contributed by atoms with van der Waals surface area (Å²) in [4.78, 5) is 0. The Labute approximate surface area is 93.2 Å². The van der Waals surface area contributed by atoms with Crippen LogP contribution in [-0.2, 0) is 10.2 Å². The third-order valence-corrected chi connectivity index (χ3v) is 4.18. The SMILES string of the molecule is CCC(N)CCNS(=O)(=O)N(C)C(C)C. The molecule has 1 atom stereocenters. The predicted octanol–water partition coefficient (Wildman–Crippen LogP) is 0.288. The van der Waals surface area contributed by atoms with Crippen molar-refractivity contribution in [2.75, 3.05) is 13.6 Å². The molecule has 3 N–H and O–H groups in total. The van der Waals surface area contributed by atoms with Crippen molar-refractivity contribution in [3.05, 3.63) is 0 Å². The molecule has 0 aliphatic carbocycles. The van der Waals surface area contributed by atoms with Gasteiger partial charge in [-0.15, -0.1) is 0 Å². The number of hydrogen-bond donors (Lipinski definition) is 2. The molecule has 0 rings (SSSR count). The fourth-order valence-electron chi connectivity index (χ4n) is 0.957. The molecule has 0 aromatic heterocycles. The second kappa shape index (κ2) is 6.42. The first-order valence-electron chi connectivity index (χ1n) is 5.29. The summed E-state index contributed by atoms with van der Waals surface area (Å²) in [5.74, 6) is 0. The second-order valence-electron chi connectivity index (χ2n) is 3.97. The molecule has 5 nitrogen and oxygen atoms in total. The summed E-state index contributed by atoms with van der Waals surface area (Å²) < 4.78 is 27.1. The van der Waals surface area contributed by atoms with Gasteiger partial charge in [0.15, 0.2) is 0 Å². The van der Waals surface area contributed by atoms with E-state index in [-0.39, 0.29) is 12.1 Å². The number of nitrogens with two attached hydrogens (primary N) is 1. The normalized spacial score (nSPS) is 14.9. The van der Waals surface area contributed by atoms with Crippen LogP contribution in [0.15, 0.2) is 0 Å². The highest BCUT2D eigenvalue weighted by Crippen LogP contribution is 2.01. The second-order valence-corrected chi connectivity index (χ2v) is 5.78. The highest BCUT2D eigenvalue weighted by Gasteiger charge is 2.19. The van der Waals surface area contributed by atoms with E-state index in [4.69, 9.17) is 5.73 Å². The van der Waals surface area contributed by atoms with Gasteiger partial charge in [-0.25, -0.2) is 4.72 Å². The van der Waals surface area contributed by atoms with Gasteiger partial charge in [0.25, 0.3) is 10.2 Å². The molecule has 0 heterocycles. The maximum absolute atomic E-state index is 11.6. The van der Waals surface area contributed by atoms with Crippen molar-refractivity contribution in [3.8, 4) is 0 Å². The highest BCUT2D eigenvalue weighted by molar-refractivity contribution is 7.87. The Morgan fingerprint density at radius 3 is 2.33 bits per heavy atom. The Hall–Kier alpha value is -0.170. The topological polar surface area (TPSA) is 75.4 Å². The van der Waals surface area contributed by atoms with Gasteiger partial charge in [0.1, 0.15) is 0 Å². The lowest BCUT2D eigenvalue weighted by atomic mass is 10.2. The Morgan fingerprint density at radius 2 is 1.93 bits per heavy atom. The van der Waals surface area contributed by atoms with E-state index in [1.165, 1.54) is 4.31 Å². The van der Waals surface area contributed by atoms with Crippen molar-refractivity contribution < 1.29 is 8.42 Å². The van der Waals surface area contributed by atoms with Crippen LogP contribution in [0.4, 0.5) is 0 Å². The van der Waals surface area contributed by atoms with Gasteiger partial charge < -0.3 is 5.73 Å². The molecule has 1 unspecified atom stereocenters. The van der Waals surface area contributed by atoms with Crippen LogP contribution in [0.25, 0.3) is 0 Å². The fourth-order valence-corrected chi connectivity index (χ4v) is 2.09. The largest absolute Gasteiger partial charge is 0.328 e. The summed E-state index contributed by atoms with van der Waals surface area (Å²) in [5, 5.41) is 0. The summed E-state index contributed by atoms with van der Waals surface area (Å²) in [7, 11) is -1.77. The minimum atomic E-state index is -3.34. The van der Waals surface area contributed by atoms with E-state index in [9.17, 15) is 8.42 Å². The molecule has 6 heteroatoms. The molecule has 0 fully saturated rings. The summed E-state index contributed by atoms with van der Waals surface area (Å²) >= 11 is 0. The molecule has 0 aromatic rings. The predicted molar refractivity (Wildman–Crippen MR) is 62.7 cm³/mol. The van der Waals surface area contributed by atoms with Crippen molar-refractivity contribution in [1.29, 1.82) is 0 Å². The first-order chi connectivity index (χ1) is 6.81. The van der Waals surface area contributed by atoms with Crippen molar-refractivity contribution in [2.24, 2.45) is 5.73 Å². The van der Waals surface area contributed by atoms with Gasteiger partial charge in [0.2, 0.25) is 0 Å². The Kier molecular flexibility index (Phi) is 6.35. The molecule has 0 aliphatic heterocycles. The molecule has 0 saturated heterocycles. The van der Waals surface area contributed by atoms with Gasteiger partial charge in [-0.1, -0.05) is 6.92 Å². The lowest BCUT2D eigenvalue weighted by Gasteiger charge is -2.21. The van der Waals surface area contributed by atoms with Crippen LogP contribution in [0.2, 0.25) is 0 Å². The van der Waals surface area contributed by atoms with Gasteiger partial charge in [0, 0.05) is 25.7 Å². The summed E-state index contributed by atoms with van der Waals surface area (Å²) in [6.45, 7) is 6.04. The molecule has 0 spiro atoms. The van der Waals surface area contributed by atoms with Crippen LogP contribution in [0.5, 0.6) is 0 Å². The molecule has 0 amide bonds. The molecule has 0 bridgehead atoms. The maximum atomic E-state index is 11.6. The van der Waals surface area contributed by atoms with Crippen molar-refractivity contribution in [3.63, 3.8) is 0 Å². The molecule has 0 aliphatic rings. The van der Waals surface area contributed by atoms with Crippen LogP contribution in [0, 0.1) is 0 Å². The minimum absolute atomic E-state index is 0.0395. The van der Waals surface area contributed by atoms with Crippen molar-refractivity contribution in [2.45, 2.75) is 45.7 Å². The van der Waals surface area contributed by atoms with E-state index in [1.54, 1.807) is 7.05 Å². The Morgan fingerprint density at radius 1 is 1.40 bits per heavy atom. The average molecular weight is 237 g/mol. The number of rotatable bonds is 7. The van der Waals surface area contributed by atoms with E-state index in [0.717, 1.165) is 6.42 Å². The third-order valence-electron chi connectivity index (χ3n) is 2.43. The monoisotopic (exact) mass is 237 g/mol. The van der Waals surface area contributed by atoms with Gasteiger partial charge in [-0.3, -0.25) is 0 Å². The molecule has 0 radical (unpaired) electrons. The van der Waals surface area contributed by atoms with Gasteiger partial charge >= 0.3 is 0 Å². The van der Waals surface area contributed by atoms with Crippen LogP contribution in [0.1, 0.15) is 33.6 Å². The quantitative estimate of drug-likeness (QED) is 0.668. The molecule has 0 saturated carbocycles. The standard InChI is InChI=1S/C9H23N3O2S/c1-5-9(10)6-7-11-15(13,14)12(4)8(2)3/h8-9,11H,5-7,10H2,1-4H3. The summed E-state index contributed by atoms with van der Waals surface area (Å²) in [6, 6.07) is 0.0272. The van der Waals surface area contributed by atoms with E-state index in [2.05, 4.69) is 4.72 Å². The van der Waals surface area contributed by atoms with Gasteiger partial charge in [-0.2, -0.15) is 12.7 Å². The lowest BCUT2D eigenvalue weighted by Crippen LogP contribution is -2.43. The third kappa shape index (κ3) is 5.46. The molecule has 92 valence electrons. The van der Waals surface area contributed by atoms with Crippen LogP contribution < -0.4 is 10.5 Å². The first kappa shape index (κ1) is 14.8. The molecule has 0 aromatic carbocycles. The van der Waals surface area contributed by atoms with Crippen molar-refractivity contribution in [1.82, 2.24) is 9.03 Å². The first-order valence-corrected chi connectivity index (χ1v) is 6.73. The molecule has 15 heavy (non-hydrogen) atoms. The molecular formula is C9H23N3O2S. The van der Waals surface area contributed by atoms with Crippen LogP contribution >= 0.6 is 0 Å². The van der Waals surface area contributed by atoms with E-state index in [0.29, 0.717) is 13.0 Å². The lowest BCUT2D eigenvalue weighted by molar-refractivity contribution is 0.401. The molecular weight excluding hydrogens is 214 g/mol. The average Bonchev–Trinajstić information content (AvgIpc) is 2.15. The summed E-state index contributed by atoms with van der Waals surface area (Å²) in [6.07, 6.45) is 1.53. The smallest absolute Gasteiger partial charge is 0.279 e. The summed E-state index contributed by atoms with van der Waals surface area (Å²) in [5.41, 5.74) is 5.69. The van der Waals surface area contributed by atoms with E-state index < -0.39 is 10.2 Å². The van der Waals surface area contributed by atoms with Crippen molar-refractivity contribution >= 4 is 10.2 Å². The van der Waals surface area contributed by atoms with E-state index >= 15 is 0 Å². The van der Waals surface area contributed by atoms with Gasteiger partial charge in [-0.05, 0) is 26.7 Å². The zero-order valence-corrected chi connectivity index (χ0v) is 10.8. The zero-order chi connectivity index (χ0) is 12.1. The Bertz CT molecular complexity index is 265. The van der Waals surface area contributed by atoms with E-state index in [1.807, 2.05) is 20.8 Å². The zero-order valence-electron chi connectivity index (χ0n) is 10.0. The highest BCUT2D eigenvalue weighted by atomic mass is 32.2. The van der Waals surface area contributed by atoms with Crippen LogP contribution in [0.3, 0.4) is 0 Å².